The quantitative estimate of drug-likeness (QED) is 0.578. The lowest BCUT2D eigenvalue weighted by atomic mass is 9.88. The van der Waals surface area contributed by atoms with Crippen molar-refractivity contribution < 1.29 is 23.1 Å². The summed E-state index contributed by atoms with van der Waals surface area (Å²) in [6, 6.07) is 6.19. The van der Waals surface area contributed by atoms with E-state index in [1.54, 1.807) is 24.3 Å². The molecule has 1 heterocycles. The number of aliphatic hydroxyl groups excluding tert-OH is 1. The van der Waals surface area contributed by atoms with Gasteiger partial charge in [-0.25, -0.2) is 13.1 Å². The number of hydrogen-bond donors (Lipinski definition) is 3. The summed E-state index contributed by atoms with van der Waals surface area (Å²) in [5.74, 6) is 0.268. The van der Waals surface area contributed by atoms with Crippen molar-refractivity contribution in [2.24, 2.45) is 5.92 Å². The van der Waals surface area contributed by atoms with E-state index in [4.69, 9.17) is 4.74 Å². The number of rotatable bonds is 8. The van der Waals surface area contributed by atoms with Crippen LogP contribution in [0.2, 0.25) is 0 Å². The third kappa shape index (κ3) is 6.26. The molecule has 1 aromatic rings. The molecule has 7 nitrogen and oxygen atoms in total. The zero-order valence-corrected chi connectivity index (χ0v) is 18.5. The molecule has 0 bridgehead atoms. The zero-order chi connectivity index (χ0) is 21.6. The fourth-order valence-electron chi connectivity index (χ4n) is 4.33. The summed E-state index contributed by atoms with van der Waals surface area (Å²) < 4.78 is 33.9. The number of carbonyl (C=O) groups excluding carboxylic acids is 1. The highest BCUT2D eigenvalue weighted by atomic mass is 32.2. The van der Waals surface area contributed by atoms with Gasteiger partial charge in [-0.15, -0.1) is 0 Å². The molecular formula is C22H34N2O5S. The maximum atomic E-state index is 12.7. The van der Waals surface area contributed by atoms with Gasteiger partial charge in [-0.1, -0.05) is 37.0 Å². The lowest BCUT2D eigenvalue weighted by Crippen LogP contribution is -2.51. The molecule has 1 aliphatic carbocycles. The van der Waals surface area contributed by atoms with Crippen LogP contribution in [0.25, 0.3) is 0 Å². The minimum Gasteiger partial charge on any atom is -0.394 e. The fourth-order valence-corrected chi connectivity index (χ4v) is 5.63. The van der Waals surface area contributed by atoms with E-state index in [-0.39, 0.29) is 29.4 Å². The van der Waals surface area contributed by atoms with E-state index in [1.165, 1.54) is 6.42 Å². The highest BCUT2D eigenvalue weighted by Gasteiger charge is 2.34. The van der Waals surface area contributed by atoms with Gasteiger partial charge in [0.1, 0.15) is 0 Å². The SMILES string of the molecule is Cc1ccc(S(=O)(=O)N[C@H]2CC[C@@H](CCNC(=O)C3CCCCC3)O[C@H]2CO)cc1. The number of aliphatic hydroxyl groups is 1. The minimum atomic E-state index is -3.68. The van der Waals surface area contributed by atoms with Gasteiger partial charge in [-0.2, -0.15) is 0 Å². The van der Waals surface area contributed by atoms with E-state index < -0.39 is 22.2 Å². The van der Waals surface area contributed by atoms with Crippen LogP contribution in [0.3, 0.4) is 0 Å². The lowest BCUT2D eigenvalue weighted by molar-refractivity contribution is -0.126. The number of nitrogens with one attached hydrogen (secondary N) is 2. The van der Waals surface area contributed by atoms with Crippen molar-refractivity contribution in [1.82, 2.24) is 10.0 Å². The van der Waals surface area contributed by atoms with Crippen LogP contribution in [0.15, 0.2) is 29.2 Å². The summed E-state index contributed by atoms with van der Waals surface area (Å²) in [6.45, 7) is 2.18. The van der Waals surface area contributed by atoms with Crippen molar-refractivity contribution >= 4 is 15.9 Å². The number of ether oxygens (including phenoxy) is 1. The van der Waals surface area contributed by atoms with Crippen molar-refractivity contribution in [2.45, 2.75) is 81.4 Å². The molecule has 3 N–H and O–H groups in total. The summed E-state index contributed by atoms with van der Waals surface area (Å²) in [5, 5.41) is 12.8. The number of hydrogen-bond acceptors (Lipinski definition) is 5. The Bertz CT molecular complexity index is 790. The molecule has 1 amide bonds. The molecule has 1 saturated heterocycles. The summed E-state index contributed by atoms with van der Waals surface area (Å²) >= 11 is 0. The Labute approximate surface area is 179 Å². The van der Waals surface area contributed by atoms with E-state index in [2.05, 4.69) is 10.0 Å². The molecular weight excluding hydrogens is 404 g/mol. The Morgan fingerprint density at radius 2 is 1.80 bits per heavy atom. The van der Waals surface area contributed by atoms with Crippen LogP contribution in [0.1, 0.15) is 56.9 Å². The maximum Gasteiger partial charge on any atom is 0.240 e. The van der Waals surface area contributed by atoms with E-state index in [0.29, 0.717) is 25.8 Å². The fraction of sp³-hybridized carbons (Fsp3) is 0.682. The molecule has 1 aromatic carbocycles. The molecule has 168 valence electrons. The van der Waals surface area contributed by atoms with Crippen molar-refractivity contribution in [3.05, 3.63) is 29.8 Å². The van der Waals surface area contributed by atoms with Gasteiger partial charge in [-0.3, -0.25) is 4.79 Å². The molecule has 0 unspecified atom stereocenters. The van der Waals surface area contributed by atoms with Gasteiger partial charge in [0.05, 0.1) is 29.8 Å². The topological polar surface area (TPSA) is 105 Å². The molecule has 1 aliphatic heterocycles. The molecule has 0 radical (unpaired) electrons. The Hall–Kier alpha value is -1.48. The molecule has 0 spiro atoms. The first-order valence-electron chi connectivity index (χ1n) is 11.0. The van der Waals surface area contributed by atoms with Crippen LogP contribution in [-0.2, 0) is 19.6 Å². The predicted molar refractivity (Wildman–Crippen MR) is 114 cm³/mol. The second-order valence-corrected chi connectivity index (χ2v) is 10.2. The number of sulfonamides is 1. The Kier molecular flexibility index (Phi) is 8.27. The Balaban J connectivity index is 1.47. The molecule has 2 aliphatic rings. The third-order valence-corrected chi connectivity index (χ3v) is 7.68. The smallest absolute Gasteiger partial charge is 0.240 e. The number of carbonyl (C=O) groups is 1. The molecule has 8 heteroatoms. The van der Waals surface area contributed by atoms with E-state index in [9.17, 15) is 18.3 Å². The Morgan fingerprint density at radius 3 is 2.47 bits per heavy atom. The molecule has 0 aromatic heterocycles. The van der Waals surface area contributed by atoms with Gasteiger partial charge >= 0.3 is 0 Å². The van der Waals surface area contributed by atoms with E-state index in [0.717, 1.165) is 31.2 Å². The first-order chi connectivity index (χ1) is 14.4. The first kappa shape index (κ1) is 23.2. The van der Waals surface area contributed by atoms with Crippen molar-refractivity contribution in [3.63, 3.8) is 0 Å². The number of amides is 1. The third-order valence-electron chi connectivity index (χ3n) is 6.17. The highest BCUT2D eigenvalue weighted by Crippen LogP contribution is 2.25. The van der Waals surface area contributed by atoms with Crippen LogP contribution in [-0.4, -0.2) is 50.8 Å². The number of benzene rings is 1. The van der Waals surface area contributed by atoms with Crippen LogP contribution in [0, 0.1) is 12.8 Å². The predicted octanol–water partition coefficient (Wildman–Crippen LogP) is 2.27. The Morgan fingerprint density at radius 1 is 1.10 bits per heavy atom. The molecule has 30 heavy (non-hydrogen) atoms. The largest absolute Gasteiger partial charge is 0.394 e. The normalized spacial score (nSPS) is 25.7. The van der Waals surface area contributed by atoms with Gasteiger partial charge in [0.15, 0.2) is 0 Å². The average Bonchev–Trinajstić information content (AvgIpc) is 2.75. The zero-order valence-electron chi connectivity index (χ0n) is 17.7. The molecule has 1 saturated carbocycles. The summed E-state index contributed by atoms with van der Waals surface area (Å²) in [7, 11) is -3.68. The van der Waals surface area contributed by atoms with E-state index >= 15 is 0 Å². The standard InChI is InChI=1S/C22H34N2O5S/c1-16-7-10-19(11-8-16)30(27,28)24-20-12-9-18(29-21(20)15-25)13-14-23-22(26)17-5-3-2-4-6-17/h7-8,10-11,17-18,20-21,24-25H,2-6,9,12-15H2,1H3,(H,23,26)/t18-,20-,21-/m0/s1. The van der Waals surface area contributed by atoms with Crippen LogP contribution in [0.5, 0.6) is 0 Å². The monoisotopic (exact) mass is 438 g/mol. The molecule has 2 fully saturated rings. The average molecular weight is 439 g/mol. The molecule has 3 atom stereocenters. The van der Waals surface area contributed by atoms with Crippen LogP contribution in [0.4, 0.5) is 0 Å². The minimum absolute atomic E-state index is 0.103. The van der Waals surface area contributed by atoms with Gasteiger partial charge < -0.3 is 15.2 Å². The summed E-state index contributed by atoms with van der Waals surface area (Å²) in [6.07, 6.45) is 6.64. The maximum absolute atomic E-state index is 12.7. The van der Waals surface area contributed by atoms with Crippen molar-refractivity contribution in [2.75, 3.05) is 13.2 Å². The van der Waals surface area contributed by atoms with Gasteiger partial charge in [-0.05, 0) is 51.2 Å². The van der Waals surface area contributed by atoms with Crippen LogP contribution >= 0.6 is 0 Å². The summed E-state index contributed by atoms with van der Waals surface area (Å²) in [4.78, 5) is 12.5. The highest BCUT2D eigenvalue weighted by molar-refractivity contribution is 7.89. The first-order valence-corrected chi connectivity index (χ1v) is 12.5. The van der Waals surface area contributed by atoms with Gasteiger partial charge in [0.2, 0.25) is 15.9 Å². The van der Waals surface area contributed by atoms with Crippen molar-refractivity contribution in [3.8, 4) is 0 Å². The van der Waals surface area contributed by atoms with E-state index in [1.807, 2.05) is 6.92 Å². The van der Waals surface area contributed by atoms with Gasteiger partial charge in [0, 0.05) is 12.5 Å². The second-order valence-electron chi connectivity index (χ2n) is 8.51. The number of aryl methyl sites for hydroxylation is 1. The lowest BCUT2D eigenvalue weighted by Gasteiger charge is -2.36. The van der Waals surface area contributed by atoms with Crippen LogP contribution < -0.4 is 10.0 Å². The summed E-state index contributed by atoms with van der Waals surface area (Å²) in [5.41, 5.74) is 0.988. The molecule has 3 rings (SSSR count). The van der Waals surface area contributed by atoms with Gasteiger partial charge in [0.25, 0.3) is 0 Å². The second kappa shape index (κ2) is 10.7. The van der Waals surface area contributed by atoms with Crippen molar-refractivity contribution in [1.29, 1.82) is 0 Å².